The predicted molar refractivity (Wildman–Crippen MR) is 93.5 cm³/mol. The highest BCUT2D eigenvalue weighted by molar-refractivity contribution is 6.30. The minimum absolute atomic E-state index is 0.0481. The van der Waals surface area contributed by atoms with Gasteiger partial charge in [-0.25, -0.2) is 9.37 Å². The van der Waals surface area contributed by atoms with Crippen LogP contribution in [0.25, 0.3) is 11.0 Å². The largest absolute Gasteiger partial charge is 0.387 e. The van der Waals surface area contributed by atoms with Gasteiger partial charge in [-0.1, -0.05) is 29.8 Å². The van der Waals surface area contributed by atoms with Crippen LogP contribution in [0.5, 0.6) is 0 Å². The normalized spacial score (nSPS) is 14.0. The Morgan fingerprint density at radius 1 is 1.29 bits per heavy atom. The maximum absolute atomic E-state index is 13.5. The van der Waals surface area contributed by atoms with E-state index in [0.717, 1.165) is 16.9 Å². The van der Waals surface area contributed by atoms with E-state index in [2.05, 4.69) is 10.3 Å². The number of benzene rings is 2. The number of hydrogen-bond donors (Lipinski definition) is 2. The Morgan fingerprint density at radius 3 is 2.75 bits per heavy atom. The highest BCUT2D eigenvalue weighted by atomic mass is 35.5. The average Bonchev–Trinajstić information content (AvgIpc) is 2.92. The summed E-state index contributed by atoms with van der Waals surface area (Å²) in [6, 6.07) is 12.2. The standard InChI is InChI=1S/C18H19ClFN3O/c1-11(18-22-15-5-3-4-6-16(15)23(18)2)21-10-17(24)12-7-8-13(19)14(20)9-12/h3-9,11,17,21,24H,10H2,1-2H3. The third-order valence-corrected chi connectivity index (χ3v) is 4.46. The zero-order chi connectivity index (χ0) is 17.3. The molecular formula is C18H19ClFN3O. The van der Waals surface area contributed by atoms with Crippen LogP contribution < -0.4 is 5.32 Å². The van der Waals surface area contributed by atoms with E-state index in [9.17, 15) is 9.50 Å². The van der Waals surface area contributed by atoms with Gasteiger partial charge in [0.15, 0.2) is 0 Å². The molecule has 3 rings (SSSR count). The number of para-hydroxylation sites is 2. The molecule has 1 heterocycles. The summed E-state index contributed by atoms with van der Waals surface area (Å²) < 4.78 is 15.5. The SMILES string of the molecule is CC(NCC(O)c1ccc(Cl)c(F)c1)c1nc2ccccc2n1C. The van der Waals surface area contributed by atoms with Gasteiger partial charge in [0.2, 0.25) is 0 Å². The first-order valence-electron chi connectivity index (χ1n) is 7.75. The maximum Gasteiger partial charge on any atom is 0.142 e. The van der Waals surface area contributed by atoms with Crippen LogP contribution in [0.3, 0.4) is 0 Å². The van der Waals surface area contributed by atoms with Gasteiger partial charge in [0.1, 0.15) is 11.6 Å². The number of nitrogens with zero attached hydrogens (tertiary/aromatic N) is 2. The molecule has 2 atom stereocenters. The summed E-state index contributed by atoms with van der Waals surface area (Å²) in [4.78, 5) is 4.63. The zero-order valence-electron chi connectivity index (χ0n) is 13.5. The van der Waals surface area contributed by atoms with Gasteiger partial charge in [0, 0.05) is 13.6 Å². The number of fused-ring (bicyclic) bond motifs is 1. The molecule has 1 aromatic heterocycles. The smallest absolute Gasteiger partial charge is 0.142 e. The van der Waals surface area contributed by atoms with Gasteiger partial charge < -0.3 is 15.0 Å². The van der Waals surface area contributed by atoms with E-state index >= 15 is 0 Å². The van der Waals surface area contributed by atoms with Crippen molar-refractivity contribution in [3.05, 3.63) is 64.7 Å². The number of rotatable bonds is 5. The first-order valence-corrected chi connectivity index (χ1v) is 8.13. The monoisotopic (exact) mass is 347 g/mol. The summed E-state index contributed by atoms with van der Waals surface area (Å²) >= 11 is 5.67. The molecular weight excluding hydrogens is 329 g/mol. The summed E-state index contributed by atoms with van der Waals surface area (Å²) in [6.45, 7) is 2.27. The summed E-state index contributed by atoms with van der Waals surface area (Å²) in [7, 11) is 1.97. The molecule has 6 heteroatoms. The number of nitrogens with one attached hydrogen (secondary N) is 1. The molecule has 24 heavy (non-hydrogen) atoms. The quantitative estimate of drug-likeness (QED) is 0.739. The number of aliphatic hydroxyl groups is 1. The van der Waals surface area contributed by atoms with E-state index in [1.54, 1.807) is 6.07 Å². The van der Waals surface area contributed by atoms with E-state index in [4.69, 9.17) is 11.6 Å². The Kier molecular flexibility index (Phi) is 4.85. The Balaban J connectivity index is 1.71. The highest BCUT2D eigenvalue weighted by Crippen LogP contribution is 2.22. The molecule has 126 valence electrons. The topological polar surface area (TPSA) is 50.1 Å². The average molecular weight is 348 g/mol. The lowest BCUT2D eigenvalue weighted by Gasteiger charge is -2.17. The number of imidazole rings is 1. The van der Waals surface area contributed by atoms with E-state index in [1.807, 2.05) is 42.8 Å². The van der Waals surface area contributed by atoms with Crippen molar-refractivity contribution in [3.63, 3.8) is 0 Å². The van der Waals surface area contributed by atoms with Crippen molar-refractivity contribution in [2.45, 2.75) is 19.1 Å². The second-order valence-corrected chi connectivity index (χ2v) is 6.24. The van der Waals surface area contributed by atoms with Crippen LogP contribution in [0, 0.1) is 5.82 Å². The number of halogens is 2. The van der Waals surface area contributed by atoms with Crippen LogP contribution >= 0.6 is 11.6 Å². The fourth-order valence-corrected chi connectivity index (χ4v) is 2.89. The second kappa shape index (κ2) is 6.89. The van der Waals surface area contributed by atoms with Gasteiger partial charge in [-0.3, -0.25) is 0 Å². The highest BCUT2D eigenvalue weighted by Gasteiger charge is 2.16. The fraction of sp³-hybridized carbons (Fsp3) is 0.278. The molecule has 0 fully saturated rings. The molecule has 2 aromatic carbocycles. The fourth-order valence-electron chi connectivity index (χ4n) is 2.77. The van der Waals surface area contributed by atoms with Crippen molar-refractivity contribution in [2.75, 3.05) is 6.54 Å². The van der Waals surface area contributed by atoms with Gasteiger partial charge >= 0.3 is 0 Å². The number of aromatic nitrogens is 2. The van der Waals surface area contributed by atoms with Crippen LogP contribution in [-0.2, 0) is 7.05 Å². The van der Waals surface area contributed by atoms with Crippen molar-refractivity contribution < 1.29 is 9.50 Å². The zero-order valence-corrected chi connectivity index (χ0v) is 14.3. The molecule has 0 aliphatic carbocycles. The summed E-state index contributed by atoms with van der Waals surface area (Å²) in [6.07, 6.45) is -0.825. The molecule has 3 aromatic rings. The van der Waals surface area contributed by atoms with E-state index in [0.29, 0.717) is 5.56 Å². The van der Waals surface area contributed by atoms with Crippen molar-refractivity contribution in [3.8, 4) is 0 Å². The van der Waals surface area contributed by atoms with Gasteiger partial charge in [-0.15, -0.1) is 0 Å². The second-order valence-electron chi connectivity index (χ2n) is 5.84. The Bertz CT molecular complexity index is 865. The lowest BCUT2D eigenvalue weighted by Crippen LogP contribution is -2.26. The Morgan fingerprint density at radius 2 is 2.04 bits per heavy atom. The van der Waals surface area contributed by atoms with Gasteiger partial charge in [-0.05, 0) is 36.8 Å². The number of hydrogen-bond acceptors (Lipinski definition) is 3. The Hall–Kier alpha value is -1.95. The van der Waals surface area contributed by atoms with Crippen LogP contribution in [0.1, 0.15) is 30.5 Å². The van der Waals surface area contributed by atoms with Crippen LogP contribution in [0.4, 0.5) is 4.39 Å². The molecule has 4 nitrogen and oxygen atoms in total. The summed E-state index contributed by atoms with van der Waals surface area (Å²) in [5, 5.41) is 13.5. The van der Waals surface area contributed by atoms with Crippen molar-refractivity contribution in [2.24, 2.45) is 7.05 Å². The molecule has 2 N–H and O–H groups in total. The molecule has 0 spiro atoms. The van der Waals surface area contributed by atoms with Crippen molar-refractivity contribution in [1.82, 2.24) is 14.9 Å². The van der Waals surface area contributed by atoms with E-state index in [-0.39, 0.29) is 17.6 Å². The van der Waals surface area contributed by atoms with Crippen LogP contribution in [-0.4, -0.2) is 21.2 Å². The predicted octanol–water partition coefficient (Wildman–Crippen LogP) is 3.75. The molecule has 0 amide bonds. The van der Waals surface area contributed by atoms with Gasteiger partial charge in [0.05, 0.1) is 28.2 Å². The third kappa shape index (κ3) is 3.29. The number of aliphatic hydroxyl groups excluding tert-OH is 1. The molecule has 0 aliphatic heterocycles. The van der Waals surface area contributed by atoms with Crippen LogP contribution in [0.2, 0.25) is 5.02 Å². The Labute approximate surface area is 144 Å². The first-order chi connectivity index (χ1) is 11.5. The molecule has 0 bridgehead atoms. The van der Waals surface area contributed by atoms with E-state index in [1.165, 1.54) is 12.1 Å². The van der Waals surface area contributed by atoms with E-state index < -0.39 is 11.9 Å². The minimum atomic E-state index is -0.825. The summed E-state index contributed by atoms with van der Waals surface area (Å²) in [5.74, 6) is 0.349. The van der Waals surface area contributed by atoms with Crippen molar-refractivity contribution >= 4 is 22.6 Å². The molecule has 0 saturated carbocycles. The van der Waals surface area contributed by atoms with Crippen LogP contribution in [0.15, 0.2) is 42.5 Å². The lowest BCUT2D eigenvalue weighted by molar-refractivity contribution is 0.169. The molecule has 0 radical (unpaired) electrons. The number of aryl methyl sites for hydroxylation is 1. The summed E-state index contributed by atoms with van der Waals surface area (Å²) in [5.41, 5.74) is 2.48. The third-order valence-electron chi connectivity index (χ3n) is 4.15. The minimum Gasteiger partial charge on any atom is -0.387 e. The lowest BCUT2D eigenvalue weighted by atomic mass is 10.1. The van der Waals surface area contributed by atoms with Crippen molar-refractivity contribution in [1.29, 1.82) is 0 Å². The molecule has 0 aliphatic rings. The maximum atomic E-state index is 13.5. The van der Waals surface area contributed by atoms with Gasteiger partial charge in [-0.2, -0.15) is 0 Å². The first kappa shape index (κ1) is 16.9. The van der Waals surface area contributed by atoms with Gasteiger partial charge in [0.25, 0.3) is 0 Å². The molecule has 2 unspecified atom stereocenters. The molecule has 0 saturated heterocycles.